The van der Waals surface area contributed by atoms with Crippen LogP contribution in [-0.2, 0) is 13.1 Å². The summed E-state index contributed by atoms with van der Waals surface area (Å²) in [5, 5.41) is 21.9. The number of nitriles is 1. The number of aromatic carboxylic acids is 1. The summed E-state index contributed by atoms with van der Waals surface area (Å²) in [6.45, 7) is 4.33. The molecule has 0 aliphatic carbocycles. The summed E-state index contributed by atoms with van der Waals surface area (Å²) in [4.78, 5) is 36.6. The standard InChI is InChI=1S/C31H28ClN5O5S/c1-16-10-21(29-27(34-16)23(15-43-29)31(39)40)20-12-19(32)6-7-25(20)42-9-8-37-17(2)35-24-11-18(14-36(3)4)28(41-5)22(13-33)26(24)30(37)38/h6-7,10-12,15H,8-9,14H2,1-5H3,(H,39,40). The number of hydrogen-bond donors (Lipinski definition) is 1. The second-order valence-electron chi connectivity index (χ2n) is 10.2. The van der Waals surface area contributed by atoms with Gasteiger partial charge in [-0.25, -0.2) is 9.78 Å². The molecule has 2 aromatic carbocycles. The molecule has 5 aromatic rings. The number of carboxylic acid groups (broad SMARTS) is 1. The quantitative estimate of drug-likeness (QED) is 0.222. The lowest BCUT2D eigenvalue weighted by atomic mass is 10.0. The molecule has 3 heterocycles. The van der Waals surface area contributed by atoms with Crippen molar-refractivity contribution in [2.24, 2.45) is 0 Å². The topological polar surface area (TPSA) is 131 Å². The molecule has 0 aliphatic heterocycles. The van der Waals surface area contributed by atoms with Crippen molar-refractivity contribution in [2.45, 2.75) is 26.9 Å². The fraction of sp³-hybridized carbons (Fsp3) is 0.258. The number of carboxylic acids is 1. The SMILES string of the molecule is COc1c(CN(C)C)cc2nc(C)n(CCOc3ccc(Cl)cc3-c3cc(C)nc4c(C(=O)O)csc34)c(=O)c2c1C#N. The van der Waals surface area contributed by atoms with E-state index < -0.39 is 5.97 Å². The van der Waals surface area contributed by atoms with Gasteiger partial charge in [-0.15, -0.1) is 11.3 Å². The number of hydrogen-bond acceptors (Lipinski definition) is 9. The number of carbonyl (C=O) groups is 1. The van der Waals surface area contributed by atoms with Crippen LogP contribution < -0.4 is 15.0 Å². The summed E-state index contributed by atoms with van der Waals surface area (Å²) < 4.78 is 14.0. The monoisotopic (exact) mass is 617 g/mol. The predicted molar refractivity (Wildman–Crippen MR) is 167 cm³/mol. The van der Waals surface area contributed by atoms with Crippen LogP contribution in [0.2, 0.25) is 5.02 Å². The third-order valence-corrected chi connectivity index (χ3v) is 8.19. The Morgan fingerprint density at radius 2 is 1.95 bits per heavy atom. The van der Waals surface area contributed by atoms with Crippen molar-refractivity contribution in [3.05, 3.63) is 79.3 Å². The summed E-state index contributed by atoms with van der Waals surface area (Å²) >= 11 is 7.67. The summed E-state index contributed by atoms with van der Waals surface area (Å²) in [5.74, 6) is 0.301. The normalized spacial score (nSPS) is 11.3. The first kappa shape index (κ1) is 30.0. The zero-order valence-corrected chi connectivity index (χ0v) is 25.8. The van der Waals surface area contributed by atoms with Gasteiger partial charge in [-0.1, -0.05) is 11.6 Å². The second kappa shape index (κ2) is 12.0. The molecule has 0 spiro atoms. The number of rotatable bonds is 9. The minimum atomic E-state index is -1.05. The molecule has 0 saturated heterocycles. The van der Waals surface area contributed by atoms with E-state index in [1.807, 2.05) is 25.1 Å². The molecule has 0 radical (unpaired) electrons. The number of nitrogens with zero attached hydrogens (tertiary/aromatic N) is 5. The molecule has 1 N–H and O–H groups in total. The molecule has 43 heavy (non-hydrogen) atoms. The number of aromatic nitrogens is 3. The lowest BCUT2D eigenvalue weighted by Crippen LogP contribution is -2.27. The number of benzene rings is 2. The molecule has 0 aliphatic rings. The van der Waals surface area contributed by atoms with Crippen LogP contribution in [0.15, 0.2) is 40.5 Å². The van der Waals surface area contributed by atoms with E-state index in [1.54, 1.807) is 43.5 Å². The lowest BCUT2D eigenvalue weighted by Gasteiger charge is -2.18. The minimum absolute atomic E-state index is 0.109. The highest BCUT2D eigenvalue weighted by Gasteiger charge is 2.22. The number of fused-ring (bicyclic) bond motifs is 2. The van der Waals surface area contributed by atoms with Gasteiger partial charge in [-0.3, -0.25) is 14.3 Å². The Bertz CT molecular complexity index is 2010. The molecule has 0 saturated carbocycles. The average Bonchev–Trinajstić information content (AvgIpc) is 3.38. The van der Waals surface area contributed by atoms with Crippen molar-refractivity contribution < 1.29 is 19.4 Å². The van der Waals surface area contributed by atoms with Gasteiger partial charge in [0.1, 0.15) is 35.6 Å². The van der Waals surface area contributed by atoms with E-state index in [0.717, 1.165) is 11.1 Å². The molecule has 12 heteroatoms. The van der Waals surface area contributed by atoms with Gasteiger partial charge in [-0.05, 0) is 58.3 Å². The highest BCUT2D eigenvalue weighted by Crippen LogP contribution is 2.40. The van der Waals surface area contributed by atoms with E-state index in [2.05, 4.69) is 16.0 Å². The van der Waals surface area contributed by atoms with Crippen LogP contribution in [0, 0.1) is 25.2 Å². The van der Waals surface area contributed by atoms with Crippen LogP contribution in [0.3, 0.4) is 0 Å². The number of pyridine rings is 1. The first-order chi connectivity index (χ1) is 20.5. The number of thiophene rings is 1. The Balaban J connectivity index is 1.52. The summed E-state index contributed by atoms with van der Waals surface area (Å²) in [5.41, 5.74) is 3.60. The molecule has 3 aromatic heterocycles. The van der Waals surface area contributed by atoms with Crippen LogP contribution >= 0.6 is 22.9 Å². The molecule has 5 rings (SSSR count). The highest BCUT2D eigenvalue weighted by atomic mass is 35.5. The largest absolute Gasteiger partial charge is 0.495 e. The van der Waals surface area contributed by atoms with Crippen molar-refractivity contribution >= 4 is 50.0 Å². The molecule has 0 fully saturated rings. The van der Waals surface area contributed by atoms with E-state index in [0.29, 0.717) is 55.9 Å². The maximum atomic E-state index is 13.7. The van der Waals surface area contributed by atoms with Crippen LogP contribution in [0.4, 0.5) is 0 Å². The molecule has 220 valence electrons. The Morgan fingerprint density at radius 3 is 2.63 bits per heavy atom. The molecular weight excluding hydrogens is 590 g/mol. The van der Waals surface area contributed by atoms with Gasteiger partial charge in [0.15, 0.2) is 0 Å². The van der Waals surface area contributed by atoms with E-state index in [-0.39, 0.29) is 35.2 Å². The average molecular weight is 618 g/mol. The lowest BCUT2D eigenvalue weighted by molar-refractivity contribution is 0.0699. The molecule has 0 atom stereocenters. The van der Waals surface area contributed by atoms with Crippen LogP contribution in [0.25, 0.3) is 32.2 Å². The van der Waals surface area contributed by atoms with Crippen LogP contribution in [-0.4, -0.2) is 58.3 Å². The smallest absolute Gasteiger partial charge is 0.338 e. The molecular formula is C31H28ClN5O5S. The minimum Gasteiger partial charge on any atom is -0.495 e. The van der Waals surface area contributed by atoms with Crippen molar-refractivity contribution in [1.82, 2.24) is 19.4 Å². The predicted octanol–water partition coefficient (Wildman–Crippen LogP) is 5.66. The van der Waals surface area contributed by atoms with E-state index in [9.17, 15) is 20.0 Å². The number of halogens is 1. The van der Waals surface area contributed by atoms with Crippen molar-refractivity contribution in [3.8, 4) is 28.7 Å². The van der Waals surface area contributed by atoms with Gasteiger partial charge in [0.05, 0.1) is 40.3 Å². The van der Waals surface area contributed by atoms with Gasteiger partial charge >= 0.3 is 5.97 Å². The molecule has 0 bridgehead atoms. The van der Waals surface area contributed by atoms with Gasteiger partial charge in [0.2, 0.25) is 0 Å². The van der Waals surface area contributed by atoms with Gasteiger partial charge < -0.3 is 19.5 Å². The Kier molecular flexibility index (Phi) is 8.37. The second-order valence-corrected chi connectivity index (χ2v) is 11.6. The fourth-order valence-corrected chi connectivity index (χ4v) is 6.34. The zero-order valence-electron chi connectivity index (χ0n) is 24.2. The summed E-state index contributed by atoms with van der Waals surface area (Å²) in [7, 11) is 5.30. The van der Waals surface area contributed by atoms with E-state index in [1.165, 1.54) is 23.0 Å². The van der Waals surface area contributed by atoms with Gasteiger partial charge in [0.25, 0.3) is 5.56 Å². The Morgan fingerprint density at radius 1 is 1.19 bits per heavy atom. The van der Waals surface area contributed by atoms with Crippen LogP contribution in [0.1, 0.15) is 33.0 Å². The molecule has 10 nitrogen and oxygen atoms in total. The Labute approximate surface area is 256 Å². The van der Waals surface area contributed by atoms with E-state index >= 15 is 0 Å². The third-order valence-electron chi connectivity index (χ3n) is 6.96. The maximum absolute atomic E-state index is 13.7. The van der Waals surface area contributed by atoms with Crippen molar-refractivity contribution in [3.63, 3.8) is 0 Å². The first-order valence-electron chi connectivity index (χ1n) is 13.2. The summed E-state index contributed by atoms with van der Waals surface area (Å²) in [6.07, 6.45) is 0. The maximum Gasteiger partial charge on any atom is 0.338 e. The highest BCUT2D eigenvalue weighted by molar-refractivity contribution is 7.18. The molecule has 0 amide bonds. The van der Waals surface area contributed by atoms with Crippen molar-refractivity contribution in [1.29, 1.82) is 5.26 Å². The number of methoxy groups -OCH3 is 1. The Hall–Kier alpha value is -4.50. The van der Waals surface area contributed by atoms with Gasteiger partial charge in [-0.2, -0.15) is 5.26 Å². The first-order valence-corrected chi connectivity index (χ1v) is 14.5. The zero-order chi connectivity index (χ0) is 31.0. The van der Waals surface area contributed by atoms with Crippen molar-refractivity contribution in [2.75, 3.05) is 27.8 Å². The van der Waals surface area contributed by atoms with Gasteiger partial charge in [0, 0.05) is 39.3 Å². The number of ether oxygens (including phenoxy) is 2. The number of aryl methyl sites for hydroxylation is 2. The fourth-order valence-electron chi connectivity index (χ4n) is 5.16. The summed E-state index contributed by atoms with van der Waals surface area (Å²) in [6, 6.07) is 11.0. The third kappa shape index (κ3) is 5.64. The molecule has 0 unspecified atom stereocenters. The van der Waals surface area contributed by atoms with E-state index in [4.69, 9.17) is 21.1 Å². The van der Waals surface area contributed by atoms with Crippen LogP contribution in [0.5, 0.6) is 11.5 Å².